The summed E-state index contributed by atoms with van der Waals surface area (Å²) in [4.78, 5) is 3.43. The van der Waals surface area contributed by atoms with E-state index >= 15 is 0 Å². The molecule has 0 unspecified atom stereocenters. The number of aliphatic hydroxyl groups is 1. The lowest BCUT2D eigenvalue weighted by Crippen LogP contribution is -2.13. The van der Waals surface area contributed by atoms with Gasteiger partial charge in [-0.1, -0.05) is 6.07 Å². The lowest BCUT2D eigenvalue weighted by atomic mass is 9.94. The van der Waals surface area contributed by atoms with Crippen LogP contribution in [0.1, 0.15) is 35.4 Å². The molecule has 0 amide bonds. The van der Waals surface area contributed by atoms with Crippen molar-refractivity contribution in [1.82, 2.24) is 4.98 Å². The molecule has 1 aliphatic rings. The first-order chi connectivity index (χ1) is 12.8. The third kappa shape index (κ3) is 3.16. The molecular weight excluding hydrogens is 359 g/mol. The number of rotatable bonds is 5. The van der Waals surface area contributed by atoms with Gasteiger partial charge in [0.15, 0.2) is 5.69 Å². The molecule has 0 atom stereocenters. The predicted molar refractivity (Wildman–Crippen MR) is 92.5 cm³/mol. The van der Waals surface area contributed by atoms with Crippen molar-refractivity contribution in [1.29, 1.82) is 0 Å². The van der Waals surface area contributed by atoms with Gasteiger partial charge in [-0.15, -0.1) is 0 Å². The molecule has 0 aliphatic heterocycles. The Morgan fingerprint density at radius 2 is 2.04 bits per heavy atom. The molecule has 1 aromatic carbocycles. The SMILES string of the molecule is Cc1oc2ccc(OCc3cccnc3C(F)(F)F)cc2c1C1(CO)CC1. The molecule has 1 fully saturated rings. The topological polar surface area (TPSA) is 55.5 Å². The summed E-state index contributed by atoms with van der Waals surface area (Å²) in [7, 11) is 0. The van der Waals surface area contributed by atoms with Crippen molar-refractivity contribution >= 4 is 11.0 Å². The molecule has 3 aromatic rings. The average Bonchev–Trinajstić information content (AvgIpc) is 3.35. The second-order valence-electron chi connectivity index (χ2n) is 6.93. The van der Waals surface area contributed by atoms with Gasteiger partial charge in [-0.3, -0.25) is 4.98 Å². The Balaban J connectivity index is 1.64. The maximum Gasteiger partial charge on any atom is 0.433 e. The fraction of sp³-hybridized carbons (Fsp3) is 0.350. The number of alkyl halides is 3. The number of benzene rings is 1. The van der Waals surface area contributed by atoms with Crippen molar-refractivity contribution in [3.05, 3.63) is 59.1 Å². The number of hydrogen-bond acceptors (Lipinski definition) is 4. The van der Waals surface area contributed by atoms with Gasteiger partial charge in [0.05, 0.1) is 6.61 Å². The lowest BCUT2D eigenvalue weighted by Gasteiger charge is -2.13. The average molecular weight is 377 g/mol. The highest BCUT2D eigenvalue weighted by Gasteiger charge is 2.47. The van der Waals surface area contributed by atoms with E-state index in [0.29, 0.717) is 11.3 Å². The van der Waals surface area contributed by atoms with Gasteiger partial charge in [-0.2, -0.15) is 13.2 Å². The van der Waals surface area contributed by atoms with Crippen LogP contribution >= 0.6 is 0 Å². The van der Waals surface area contributed by atoms with Gasteiger partial charge in [0, 0.05) is 28.1 Å². The molecule has 4 rings (SSSR count). The number of aryl methyl sites for hydroxylation is 1. The summed E-state index contributed by atoms with van der Waals surface area (Å²) in [5, 5.41) is 10.6. The second kappa shape index (κ2) is 6.27. The highest BCUT2D eigenvalue weighted by atomic mass is 19.4. The van der Waals surface area contributed by atoms with Gasteiger partial charge < -0.3 is 14.3 Å². The van der Waals surface area contributed by atoms with Crippen molar-refractivity contribution in [2.75, 3.05) is 6.61 Å². The van der Waals surface area contributed by atoms with Gasteiger partial charge in [0.2, 0.25) is 0 Å². The zero-order chi connectivity index (χ0) is 19.2. The maximum absolute atomic E-state index is 13.1. The number of fused-ring (bicyclic) bond motifs is 1. The number of nitrogens with zero attached hydrogens (tertiary/aromatic N) is 1. The van der Waals surface area contributed by atoms with E-state index in [0.717, 1.165) is 35.7 Å². The number of aromatic nitrogens is 1. The van der Waals surface area contributed by atoms with Gasteiger partial charge in [-0.25, -0.2) is 0 Å². The van der Waals surface area contributed by atoms with Crippen molar-refractivity contribution in [2.24, 2.45) is 0 Å². The van der Waals surface area contributed by atoms with Crippen molar-refractivity contribution in [2.45, 2.75) is 38.0 Å². The maximum atomic E-state index is 13.1. The van der Waals surface area contributed by atoms with Crippen molar-refractivity contribution < 1.29 is 27.4 Å². The van der Waals surface area contributed by atoms with E-state index in [1.807, 2.05) is 6.92 Å². The number of pyridine rings is 1. The first kappa shape index (κ1) is 17.9. The van der Waals surface area contributed by atoms with Gasteiger partial charge in [0.1, 0.15) is 23.7 Å². The minimum atomic E-state index is -4.53. The molecule has 1 N–H and O–H groups in total. The first-order valence-corrected chi connectivity index (χ1v) is 8.62. The van der Waals surface area contributed by atoms with Crippen LogP contribution in [0.4, 0.5) is 13.2 Å². The number of aliphatic hydroxyl groups excluding tert-OH is 1. The van der Waals surface area contributed by atoms with Crippen molar-refractivity contribution in [3.63, 3.8) is 0 Å². The Labute approximate surface area is 153 Å². The van der Waals surface area contributed by atoms with E-state index in [1.54, 1.807) is 18.2 Å². The predicted octanol–water partition coefficient (Wildman–Crippen LogP) is 4.76. The van der Waals surface area contributed by atoms with E-state index in [2.05, 4.69) is 4.98 Å². The molecule has 142 valence electrons. The third-order valence-electron chi connectivity index (χ3n) is 5.08. The number of halogens is 3. The number of furan rings is 1. The van der Waals surface area contributed by atoms with Gasteiger partial charge in [-0.05, 0) is 44.0 Å². The summed E-state index contributed by atoms with van der Waals surface area (Å²) in [5.74, 6) is 1.19. The van der Waals surface area contributed by atoms with E-state index < -0.39 is 11.9 Å². The number of hydrogen-bond donors (Lipinski definition) is 1. The van der Waals surface area contributed by atoms with Crippen LogP contribution in [0.25, 0.3) is 11.0 Å². The molecule has 7 heteroatoms. The Bertz CT molecular complexity index is 990. The van der Waals surface area contributed by atoms with E-state index in [4.69, 9.17) is 9.15 Å². The smallest absolute Gasteiger partial charge is 0.433 e. The lowest BCUT2D eigenvalue weighted by molar-refractivity contribution is -0.142. The normalized spacial score (nSPS) is 15.9. The Morgan fingerprint density at radius 3 is 2.70 bits per heavy atom. The Morgan fingerprint density at radius 1 is 1.26 bits per heavy atom. The fourth-order valence-electron chi connectivity index (χ4n) is 3.56. The molecule has 1 aliphatic carbocycles. The highest BCUT2D eigenvalue weighted by molar-refractivity contribution is 5.85. The molecule has 2 heterocycles. The first-order valence-electron chi connectivity index (χ1n) is 8.62. The van der Waals surface area contributed by atoms with E-state index in [9.17, 15) is 18.3 Å². The van der Waals surface area contributed by atoms with Crippen LogP contribution in [0.5, 0.6) is 5.75 Å². The summed E-state index contributed by atoms with van der Waals surface area (Å²) >= 11 is 0. The largest absolute Gasteiger partial charge is 0.489 e. The van der Waals surface area contributed by atoms with Crippen LogP contribution < -0.4 is 4.74 Å². The highest BCUT2D eigenvalue weighted by Crippen LogP contribution is 2.52. The minimum Gasteiger partial charge on any atom is -0.489 e. The molecule has 0 bridgehead atoms. The summed E-state index contributed by atoms with van der Waals surface area (Å²) in [6.07, 6.45) is -1.65. The molecule has 0 spiro atoms. The molecule has 4 nitrogen and oxygen atoms in total. The van der Waals surface area contributed by atoms with Crippen LogP contribution in [0, 0.1) is 6.92 Å². The fourth-order valence-corrected chi connectivity index (χ4v) is 3.56. The third-order valence-corrected chi connectivity index (χ3v) is 5.08. The molecule has 27 heavy (non-hydrogen) atoms. The standard InChI is InChI=1S/C20H18F3NO3/c1-12-17(19(11-25)6-7-19)15-9-14(4-5-16(15)27-12)26-10-13-3-2-8-24-18(13)20(21,22)23/h2-5,8-9,25H,6-7,10-11H2,1H3. The molecule has 1 saturated carbocycles. The van der Waals surface area contributed by atoms with Crippen LogP contribution in [-0.4, -0.2) is 16.7 Å². The van der Waals surface area contributed by atoms with E-state index in [1.165, 1.54) is 12.1 Å². The Kier molecular flexibility index (Phi) is 4.14. The van der Waals surface area contributed by atoms with Crippen LogP contribution in [0.2, 0.25) is 0 Å². The van der Waals surface area contributed by atoms with Crippen LogP contribution in [0.15, 0.2) is 40.9 Å². The monoisotopic (exact) mass is 377 g/mol. The summed E-state index contributed by atoms with van der Waals surface area (Å²) in [5.41, 5.74) is 0.390. The number of ether oxygens (including phenoxy) is 1. The van der Waals surface area contributed by atoms with Gasteiger partial charge in [0.25, 0.3) is 0 Å². The zero-order valence-electron chi connectivity index (χ0n) is 14.6. The second-order valence-corrected chi connectivity index (χ2v) is 6.93. The summed E-state index contributed by atoms with van der Waals surface area (Å²) < 4.78 is 50.6. The van der Waals surface area contributed by atoms with Crippen LogP contribution in [-0.2, 0) is 18.2 Å². The van der Waals surface area contributed by atoms with E-state index in [-0.39, 0.29) is 24.2 Å². The minimum absolute atomic E-state index is 0.0253. The molecule has 0 saturated heterocycles. The molecule has 2 aromatic heterocycles. The van der Waals surface area contributed by atoms with Crippen molar-refractivity contribution in [3.8, 4) is 5.75 Å². The molecule has 0 radical (unpaired) electrons. The summed E-state index contributed by atoms with van der Waals surface area (Å²) in [6, 6.07) is 7.97. The zero-order valence-corrected chi connectivity index (χ0v) is 14.6. The quantitative estimate of drug-likeness (QED) is 0.697. The Hall–Kier alpha value is -2.54. The van der Waals surface area contributed by atoms with Gasteiger partial charge >= 0.3 is 6.18 Å². The van der Waals surface area contributed by atoms with Crippen LogP contribution in [0.3, 0.4) is 0 Å². The molecular formula is C20H18F3NO3. The summed E-state index contributed by atoms with van der Waals surface area (Å²) in [6.45, 7) is 1.65.